The normalized spacial score (nSPS) is 23.6. The molecule has 0 bridgehead atoms. The van der Waals surface area contributed by atoms with Crippen molar-refractivity contribution in [2.45, 2.75) is 88.8 Å². The molecule has 332 valence electrons. The number of carbonyl (C=O) groups excluding carboxylic acids is 5. The Morgan fingerprint density at radius 2 is 1.86 bits per heavy atom. The van der Waals surface area contributed by atoms with Crippen LogP contribution in [-0.2, 0) is 23.9 Å². The zero-order chi connectivity index (χ0) is 44.1. The van der Waals surface area contributed by atoms with Crippen LogP contribution < -0.4 is 31.5 Å². The maximum atomic E-state index is 13.4. The lowest BCUT2D eigenvalue weighted by atomic mass is 9.92. The van der Waals surface area contributed by atoms with Gasteiger partial charge in [-0.05, 0) is 100 Å². The van der Waals surface area contributed by atoms with Gasteiger partial charge in [-0.15, -0.1) is 6.58 Å². The number of nitrogens with one attached hydrogen (secondary N) is 4. The van der Waals surface area contributed by atoms with Crippen LogP contribution in [0.3, 0.4) is 0 Å². The number of piperazine rings is 1. The third kappa shape index (κ3) is 9.45. The number of dihydropyridines is 1. The summed E-state index contributed by atoms with van der Waals surface area (Å²) in [6.07, 6.45) is 15.2. The predicted octanol–water partition coefficient (Wildman–Crippen LogP) is 2.46. The van der Waals surface area contributed by atoms with Crippen LogP contribution in [0, 0.1) is 0 Å². The molecular weight excluding hydrogens is 805 g/mol. The van der Waals surface area contributed by atoms with Crippen molar-refractivity contribution in [1.29, 1.82) is 0 Å². The largest absolute Gasteiger partial charge is 0.493 e. The highest BCUT2D eigenvalue weighted by Crippen LogP contribution is 2.39. The Balaban J connectivity index is 0.780. The standard InChI is InChI=1S/C46H56N10O7/c1-3-21-47-41(58)33-28-48-45(53-40(33)51-36-17-11-29-19-20-46(62,4-2)39(29)50-36)49-30-12-14-31(15-13-30)55-25-23-54(24-26-55)22-6-5-7-27-63-35-10-8-9-32-38(35)44(61)56(43(32)60)34-16-18-37(57)52-42(34)59/h3,10-15,17,28,34,39,50,62H,1,4-9,16,18-27H2,2H3,(H,47,58)(H,52,57,59)(H2,48,49,51,53)/p+1. The number of amides is 5. The lowest BCUT2D eigenvalue weighted by Crippen LogP contribution is -2.81. The van der Waals surface area contributed by atoms with Gasteiger partial charge in [0.05, 0.1) is 30.0 Å². The number of imide groups is 2. The van der Waals surface area contributed by atoms with Gasteiger partial charge in [0, 0.05) is 62.2 Å². The van der Waals surface area contributed by atoms with E-state index < -0.39 is 35.3 Å². The number of aromatic nitrogens is 2. The molecule has 5 amide bonds. The fraction of sp³-hybridized carbons (Fsp3) is 0.457. The Bertz CT molecular complexity index is 2280. The summed E-state index contributed by atoms with van der Waals surface area (Å²) in [7, 11) is 0. The van der Waals surface area contributed by atoms with Crippen molar-refractivity contribution in [3.8, 4) is 0 Å². The van der Waals surface area contributed by atoms with Crippen molar-refractivity contribution in [3.05, 3.63) is 95.2 Å². The van der Waals surface area contributed by atoms with Crippen molar-refractivity contribution in [2.75, 3.05) is 56.1 Å². The van der Waals surface area contributed by atoms with Gasteiger partial charge in [-0.3, -0.25) is 39.1 Å². The lowest BCUT2D eigenvalue weighted by molar-refractivity contribution is -0.529. The van der Waals surface area contributed by atoms with Crippen molar-refractivity contribution in [1.82, 2.24) is 35.7 Å². The van der Waals surface area contributed by atoms with Gasteiger partial charge in [0.15, 0.2) is 0 Å². The van der Waals surface area contributed by atoms with Crippen LogP contribution in [0.15, 0.2) is 89.6 Å². The number of rotatable bonds is 17. The van der Waals surface area contributed by atoms with E-state index in [2.05, 4.69) is 60.8 Å². The maximum Gasteiger partial charge on any atom is 0.265 e. The van der Waals surface area contributed by atoms with Crippen LogP contribution in [-0.4, -0.2) is 118 Å². The lowest BCUT2D eigenvalue weighted by Gasteiger charge is -2.36. The fourth-order valence-electron chi connectivity index (χ4n) is 9.21. The molecule has 17 heteroatoms. The molecule has 63 heavy (non-hydrogen) atoms. The first-order valence-corrected chi connectivity index (χ1v) is 22.2. The summed E-state index contributed by atoms with van der Waals surface area (Å²) < 4.78 is 6.06. The molecule has 17 nitrogen and oxygen atoms in total. The molecule has 0 spiro atoms. The Hall–Kier alpha value is -6.17. The van der Waals surface area contributed by atoms with Crippen LogP contribution in [0.1, 0.15) is 81.5 Å². The molecule has 1 saturated carbocycles. The number of nitrogens with two attached hydrogens (primary N) is 1. The quantitative estimate of drug-likeness (QED) is 0.0768. The predicted molar refractivity (Wildman–Crippen MR) is 234 cm³/mol. The summed E-state index contributed by atoms with van der Waals surface area (Å²) in [6, 6.07) is 7.00. The minimum absolute atomic E-state index is 0.0840. The Kier molecular flexibility index (Phi) is 13.2. The van der Waals surface area contributed by atoms with Crippen LogP contribution in [0.2, 0.25) is 0 Å². The second-order valence-corrected chi connectivity index (χ2v) is 16.9. The molecule has 1 aromatic heterocycles. The Morgan fingerprint density at radius 3 is 2.62 bits per heavy atom. The number of nitrogens with zero attached hydrogens (tertiary/aromatic N) is 5. The van der Waals surface area contributed by atoms with Gasteiger partial charge in [0.1, 0.15) is 17.4 Å². The number of piperidine rings is 1. The van der Waals surface area contributed by atoms with Gasteiger partial charge >= 0.3 is 0 Å². The van der Waals surface area contributed by atoms with Gasteiger partial charge in [0.25, 0.3) is 17.7 Å². The van der Waals surface area contributed by atoms with E-state index in [-0.39, 0.29) is 30.4 Å². The molecule has 2 saturated heterocycles. The van der Waals surface area contributed by atoms with Gasteiger partial charge in [0.2, 0.25) is 29.4 Å². The third-order valence-corrected chi connectivity index (χ3v) is 12.9. The molecule has 3 atom stereocenters. The molecule has 2 aromatic rings. The highest BCUT2D eigenvalue weighted by Gasteiger charge is 2.48. The number of benzene rings is 1. The number of anilines is 3. The second-order valence-electron chi connectivity index (χ2n) is 16.9. The number of hydrogen-bond acceptors (Lipinski definition) is 13. The zero-order valence-electron chi connectivity index (χ0n) is 35.8. The summed E-state index contributed by atoms with van der Waals surface area (Å²) in [5.41, 5.74) is 3.26. The van der Waals surface area contributed by atoms with E-state index in [1.54, 1.807) is 6.08 Å². The average Bonchev–Trinajstić information content (AvgIpc) is 3.76. The first kappa shape index (κ1) is 43.5. The summed E-state index contributed by atoms with van der Waals surface area (Å²) in [5, 5.41) is 24.9. The summed E-state index contributed by atoms with van der Waals surface area (Å²) in [4.78, 5) is 78.8. The van der Waals surface area contributed by atoms with E-state index in [4.69, 9.17) is 9.72 Å². The number of carbonyl (C=O) groups is 5. The number of allylic oxidation sites excluding steroid dienone is 3. The number of ether oxygens (including phenoxy) is 1. The molecule has 1 aromatic carbocycles. The number of hydrogen-bond donors (Lipinski definition) is 6. The van der Waals surface area contributed by atoms with Crippen molar-refractivity contribution in [2.24, 2.45) is 0 Å². The number of unbranched alkanes of at least 4 members (excludes halogenated alkanes) is 2. The molecule has 7 N–H and O–H groups in total. The van der Waals surface area contributed by atoms with E-state index in [0.29, 0.717) is 67.5 Å². The maximum absolute atomic E-state index is 13.4. The van der Waals surface area contributed by atoms with E-state index in [1.165, 1.54) is 11.8 Å². The molecule has 0 radical (unpaired) electrons. The molecule has 5 heterocycles. The summed E-state index contributed by atoms with van der Waals surface area (Å²) >= 11 is 0. The molecule has 3 fully saturated rings. The van der Waals surface area contributed by atoms with Gasteiger partial charge in [-0.25, -0.2) is 10.3 Å². The number of quaternary nitrogens is 1. The van der Waals surface area contributed by atoms with Gasteiger partial charge < -0.3 is 30.7 Å². The van der Waals surface area contributed by atoms with Crippen molar-refractivity contribution < 1.29 is 39.1 Å². The third-order valence-electron chi connectivity index (χ3n) is 12.9. The van der Waals surface area contributed by atoms with Crippen LogP contribution >= 0.6 is 0 Å². The highest BCUT2D eigenvalue weighted by atomic mass is 16.5. The van der Waals surface area contributed by atoms with E-state index in [9.17, 15) is 29.1 Å². The molecule has 2 aliphatic carbocycles. The fourth-order valence-corrected chi connectivity index (χ4v) is 9.21. The zero-order valence-corrected chi connectivity index (χ0v) is 35.8. The van der Waals surface area contributed by atoms with Crippen LogP contribution in [0.4, 0.5) is 23.1 Å². The Labute approximate surface area is 366 Å². The first-order valence-electron chi connectivity index (χ1n) is 22.2. The Morgan fingerprint density at radius 1 is 1.05 bits per heavy atom. The van der Waals surface area contributed by atoms with E-state index >= 15 is 0 Å². The summed E-state index contributed by atoms with van der Waals surface area (Å²) in [5.74, 6) is -0.334. The SMILES string of the molecule is C=CCNC(=O)c1cnc(Nc2ccc(N3CCN(CCCCCOC4=CCCC5=C4C(=O)N(C4CCC(=O)NC4=O)C5=O)CC3)cc2)nc1[NH2+]C1=CC=C2CCC(O)(CC)C2N1. The van der Waals surface area contributed by atoms with Gasteiger partial charge in [-0.1, -0.05) is 19.1 Å². The molecule has 6 aliphatic rings. The molecular formula is C46H57N10O7+. The molecule has 3 unspecified atom stereocenters. The second kappa shape index (κ2) is 19.1. The minimum Gasteiger partial charge on any atom is -0.493 e. The first-order chi connectivity index (χ1) is 30.5. The number of aliphatic hydroxyl groups is 1. The summed E-state index contributed by atoms with van der Waals surface area (Å²) in [6.45, 7) is 11.1. The monoisotopic (exact) mass is 861 g/mol. The minimum atomic E-state index is -0.984. The van der Waals surface area contributed by atoms with Crippen molar-refractivity contribution >= 4 is 52.7 Å². The number of fused-ring (bicyclic) bond motifs is 1. The van der Waals surface area contributed by atoms with Gasteiger partial charge in [-0.2, -0.15) is 4.98 Å². The van der Waals surface area contributed by atoms with Crippen LogP contribution in [0.5, 0.6) is 0 Å². The van der Waals surface area contributed by atoms with Crippen molar-refractivity contribution in [3.63, 3.8) is 0 Å². The van der Waals surface area contributed by atoms with Crippen LogP contribution in [0.25, 0.3) is 0 Å². The molecule has 8 rings (SSSR count). The average molecular weight is 862 g/mol. The molecule has 4 aliphatic heterocycles. The smallest absolute Gasteiger partial charge is 0.265 e. The van der Waals surface area contributed by atoms with E-state index in [1.807, 2.05) is 36.5 Å². The highest BCUT2D eigenvalue weighted by molar-refractivity contribution is 6.23. The van der Waals surface area contributed by atoms with E-state index in [0.717, 1.165) is 80.5 Å². The topological polar surface area (TPSA) is 215 Å².